The van der Waals surface area contributed by atoms with E-state index < -0.39 is 6.04 Å². The number of hydrogen-bond acceptors (Lipinski definition) is 5. The summed E-state index contributed by atoms with van der Waals surface area (Å²) >= 11 is 0. The van der Waals surface area contributed by atoms with Gasteiger partial charge in [-0.15, -0.1) is 0 Å². The molecule has 0 saturated carbocycles. The first kappa shape index (κ1) is 18.9. The molecular formula is C19H30N4O3. The van der Waals surface area contributed by atoms with Crippen LogP contribution in [0.15, 0.2) is 4.52 Å². The Morgan fingerprint density at radius 1 is 1.31 bits per heavy atom. The van der Waals surface area contributed by atoms with E-state index in [1.54, 1.807) is 18.7 Å². The van der Waals surface area contributed by atoms with Gasteiger partial charge in [0.2, 0.25) is 5.91 Å². The van der Waals surface area contributed by atoms with E-state index in [1.165, 1.54) is 0 Å². The van der Waals surface area contributed by atoms with E-state index in [0.29, 0.717) is 41.9 Å². The van der Waals surface area contributed by atoms with Gasteiger partial charge in [0, 0.05) is 19.1 Å². The van der Waals surface area contributed by atoms with E-state index in [9.17, 15) is 9.59 Å². The van der Waals surface area contributed by atoms with Crippen LogP contribution in [0.1, 0.15) is 48.5 Å². The largest absolute Gasteiger partial charge is 0.361 e. The van der Waals surface area contributed by atoms with Gasteiger partial charge in [-0.25, -0.2) is 0 Å². The zero-order valence-electron chi connectivity index (χ0n) is 16.7. The molecule has 2 amide bonds. The molecule has 0 N–H and O–H groups in total. The van der Waals surface area contributed by atoms with Crippen LogP contribution in [0.25, 0.3) is 0 Å². The number of carbonyl (C=O) groups excluding carboxylic acids is 2. The molecule has 0 aliphatic carbocycles. The van der Waals surface area contributed by atoms with Gasteiger partial charge >= 0.3 is 0 Å². The lowest BCUT2D eigenvalue weighted by Gasteiger charge is -2.43. The fourth-order valence-corrected chi connectivity index (χ4v) is 4.22. The lowest BCUT2D eigenvalue weighted by molar-refractivity contribution is -0.142. The van der Waals surface area contributed by atoms with Crippen molar-refractivity contribution in [2.45, 2.75) is 58.7 Å². The van der Waals surface area contributed by atoms with Crippen LogP contribution in [0.2, 0.25) is 0 Å². The zero-order valence-corrected chi connectivity index (χ0v) is 16.7. The van der Waals surface area contributed by atoms with Crippen molar-refractivity contribution in [1.29, 1.82) is 0 Å². The molecule has 3 heterocycles. The van der Waals surface area contributed by atoms with Crippen LogP contribution in [-0.2, 0) is 4.79 Å². The predicted molar refractivity (Wildman–Crippen MR) is 97.8 cm³/mol. The van der Waals surface area contributed by atoms with Crippen LogP contribution in [-0.4, -0.2) is 77.0 Å². The fourth-order valence-electron chi connectivity index (χ4n) is 4.22. The standard InChI is InChI=1S/C19H30N4O3/c1-11(2)7-16-18(24)22-9-14(21(5)6)8-15(22)10-23(16)19(25)17-12(3)20-26-13(17)4/h11,14-16H,7-10H2,1-6H3/t14-,15-,16-/m0/s1. The fraction of sp³-hybridized carbons (Fsp3) is 0.737. The van der Waals surface area contributed by atoms with E-state index >= 15 is 0 Å². The number of aryl methyl sites for hydroxylation is 2. The van der Waals surface area contributed by atoms with Gasteiger partial charge in [-0.1, -0.05) is 19.0 Å². The van der Waals surface area contributed by atoms with E-state index in [0.717, 1.165) is 13.0 Å². The predicted octanol–water partition coefficient (Wildman–Crippen LogP) is 1.69. The lowest BCUT2D eigenvalue weighted by Crippen LogP contribution is -2.61. The van der Waals surface area contributed by atoms with Gasteiger partial charge in [-0.2, -0.15) is 0 Å². The van der Waals surface area contributed by atoms with Crippen molar-refractivity contribution < 1.29 is 14.1 Å². The molecular weight excluding hydrogens is 332 g/mol. The molecule has 0 bridgehead atoms. The van der Waals surface area contributed by atoms with Crippen LogP contribution in [0.5, 0.6) is 0 Å². The Morgan fingerprint density at radius 3 is 2.54 bits per heavy atom. The summed E-state index contributed by atoms with van der Waals surface area (Å²) in [6.07, 6.45) is 1.57. The second kappa shape index (κ2) is 7.02. The molecule has 1 aromatic rings. The monoisotopic (exact) mass is 362 g/mol. The Labute approximate surface area is 155 Å². The quantitative estimate of drug-likeness (QED) is 0.815. The molecule has 2 aliphatic rings. The van der Waals surface area contributed by atoms with Crippen molar-refractivity contribution in [1.82, 2.24) is 19.9 Å². The highest BCUT2D eigenvalue weighted by Gasteiger charge is 2.47. The lowest BCUT2D eigenvalue weighted by atomic mass is 9.96. The van der Waals surface area contributed by atoms with Gasteiger partial charge in [0.15, 0.2) is 0 Å². The molecule has 3 atom stereocenters. The van der Waals surface area contributed by atoms with Gasteiger partial charge in [0.25, 0.3) is 5.91 Å². The number of carbonyl (C=O) groups is 2. The van der Waals surface area contributed by atoms with Crippen molar-refractivity contribution in [3.05, 3.63) is 17.0 Å². The molecule has 7 nitrogen and oxygen atoms in total. The minimum absolute atomic E-state index is 0.0828. The average molecular weight is 362 g/mol. The molecule has 0 radical (unpaired) electrons. The summed E-state index contributed by atoms with van der Waals surface area (Å²) in [5, 5.41) is 3.91. The zero-order chi connectivity index (χ0) is 19.2. The number of fused-ring (bicyclic) bond motifs is 1. The minimum atomic E-state index is -0.409. The molecule has 1 aromatic heterocycles. The summed E-state index contributed by atoms with van der Waals surface area (Å²) in [6, 6.07) is 0.0221. The van der Waals surface area contributed by atoms with Gasteiger partial charge in [-0.05, 0) is 46.7 Å². The Bertz CT molecular complexity index is 677. The van der Waals surface area contributed by atoms with E-state index in [-0.39, 0.29) is 17.9 Å². The molecule has 3 rings (SSSR count). The Balaban J connectivity index is 1.92. The number of amides is 2. The first-order chi connectivity index (χ1) is 12.2. The van der Waals surface area contributed by atoms with Gasteiger partial charge in [0.1, 0.15) is 17.4 Å². The van der Waals surface area contributed by atoms with Crippen molar-refractivity contribution in [2.75, 3.05) is 27.2 Å². The molecule has 0 unspecified atom stereocenters. The highest BCUT2D eigenvalue weighted by molar-refractivity contribution is 5.99. The minimum Gasteiger partial charge on any atom is -0.361 e. The number of aromatic nitrogens is 1. The normalized spacial score (nSPS) is 26.2. The third-order valence-corrected chi connectivity index (χ3v) is 5.68. The molecule has 2 fully saturated rings. The van der Waals surface area contributed by atoms with E-state index in [1.807, 2.05) is 19.0 Å². The summed E-state index contributed by atoms with van der Waals surface area (Å²) in [6.45, 7) is 9.03. The average Bonchev–Trinajstić information content (AvgIpc) is 3.13. The van der Waals surface area contributed by atoms with Crippen LogP contribution in [0, 0.1) is 19.8 Å². The van der Waals surface area contributed by atoms with Crippen molar-refractivity contribution in [3.8, 4) is 0 Å². The van der Waals surface area contributed by atoms with Crippen LogP contribution >= 0.6 is 0 Å². The smallest absolute Gasteiger partial charge is 0.260 e. The topological polar surface area (TPSA) is 69.9 Å². The van der Waals surface area contributed by atoms with Crippen LogP contribution in [0.4, 0.5) is 0 Å². The molecule has 2 aliphatic heterocycles. The maximum atomic E-state index is 13.3. The summed E-state index contributed by atoms with van der Waals surface area (Å²) in [4.78, 5) is 32.5. The maximum absolute atomic E-state index is 13.3. The molecule has 0 aromatic carbocycles. The number of rotatable bonds is 4. The first-order valence-electron chi connectivity index (χ1n) is 9.41. The number of likely N-dealkylation sites (N-methyl/N-ethyl adjacent to an activating group) is 1. The molecule has 2 saturated heterocycles. The molecule has 7 heteroatoms. The van der Waals surface area contributed by atoms with Crippen molar-refractivity contribution in [2.24, 2.45) is 5.92 Å². The van der Waals surface area contributed by atoms with Crippen molar-refractivity contribution in [3.63, 3.8) is 0 Å². The highest BCUT2D eigenvalue weighted by Crippen LogP contribution is 2.31. The summed E-state index contributed by atoms with van der Waals surface area (Å²) < 4.78 is 5.19. The van der Waals surface area contributed by atoms with E-state index in [2.05, 4.69) is 23.9 Å². The number of nitrogens with zero attached hydrogens (tertiary/aromatic N) is 4. The molecule has 0 spiro atoms. The number of piperazine rings is 1. The Hall–Kier alpha value is -1.89. The second-order valence-corrected chi connectivity index (χ2v) is 8.30. The van der Waals surface area contributed by atoms with Crippen molar-refractivity contribution >= 4 is 11.8 Å². The Morgan fingerprint density at radius 2 is 2.00 bits per heavy atom. The molecule has 26 heavy (non-hydrogen) atoms. The number of hydrogen-bond donors (Lipinski definition) is 0. The summed E-state index contributed by atoms with van der Waals surface area (Å²) in [5.41, 5.74) is 1.09. The summed E-state index contributed by atoms with van der Waals surface area (Å²) in [5.74, 6) is 0.795. The highest BCUT2D eigenvalue weighted by atomic mass is 16.5. The van der Waals surface area contributed by atoms with E-state index in [4.69, 9.17) is 4.52 Å². The third-order valence-electron chi connectivity index (χ3n) is 5.68. The molecule has 144 valence electrons. The second-order valence-electron chi connectivity index (χ2n) is 8.30. The summed E-state index contributed by atoms with van der Waals surface area (Å²) in [7, 11) is 4.10. The first-order valence-corrected chi connectivity index (χ1v) is 9.41. The van der Waals surface area contributed by atoms with Gasteiger partial charge < -0.3 is 19.2 Å². The third kappa shape index (κ3) is 3.24. The SMILES string of the molecule is Cc1noc(C)c1C(=O)N1C[C@@H]2C[C@H](N(C)C)CN2C(=O)[C@@H]1CC(C)C. The van der Waals surface area contributed by atoms with Crippen LogP contribution < -0.4 is 0 Å². The maximum Gasteiger partial charge on any atom is 0.260 e. The Kier molecular flexibility index (Phi) is 5.10. The van der Waals surface area contributed by atoms with Gasteiger partial charge in [0.05, 0.1) is 11.7 Å². The van der Waals surface area contributed by atoms with Crippen LogP contribution in [0.3, 0.4) is 0 Å². The van der Waals surface area contributed by atoms with Gasteiger partial charge in [-0.3, -0.25) is 9.59 Å².